The van der Waals surface area contributed by atoms with Gasteiger partial charge in [0.2, 0.25) is 10.0 Å². The molecule has 5 nitrogen and oxygen atoms in total. The van der Waals surface area contributed by atoms with Gasteiger partial charge in [-0.2, -0.15) is 0 Å². The average Bonchev–Trinajstić information content (AvgIpc) is 2.21. The molecule has 0 heterocycles. The van der Waals surface area contributed by atoms with Gasteiger partial charge in [0.1, 0.15) is 5.75 Å². The van der Waals surface area contributed by atoms with Crippen LogP contribution in [0.25, 0.3) is 0 Å². The minimum atomic E-state index is -3.77. The van der Waals surface area contributed by atoms with Crippen molar-refractivity contribution in [3.8, 4) is 5.75 Å². The van der Waals surface area contributed by atoms with E-state index in [4.69, 9.17) is 15.6 Å². The number of ether oxygens (including phenoxy) is 1. The van der Waals surface area contributed by atoms with Gasteiger partial charge in [0.25, 0.3) is 0 Å². The molecule has 17 heavy (non-hydrogen) atoms. The van der Waals surface area contributed by atoms with Crippen molar-refractivity contribution in [2.45, 2.75) is 31.6 Å². The number of unbranched alkanes of at least 4 members (excludes halogenated alkanes) is 1. The summed E-state index contributed by atoms with van der Waals surface area (Å²) in [5.74, 6) is 0.475. The van der Waals surface area contributed by atoms with Crippen molar-refractivity contribution in [3.05, 3.63) is 17.7 Å². The highest BCUT2D eigenvalue weighted by atomic mass is 32.2. The minimum absolute atomic E-state index is 0.0176. The number of benzene rings is 1. The first-order valence-electron chi connectivity index (χ1n) is 5.42. The van der Waals surface area contributed by atoms with Gasteiger partial charge >= 0.3 is 0 Å². The third-order valence-corrected chi connectivity index (χ3v) is 3.43. The molecule has 0 saturated heterocycles. The number of anilines is 1. The molecule has 0 aliphatic rings. The van der Waals surface area contributed by atoms with E-state index in [1.807, 2.05) is 6.92 Å². The molecule has 0 aromatic heterocycles. The molecule has 0 unspecified atom stereocenters. The third kappa shape index (κ3) is 3.61. The quantitative estimate of drug-likeness (QED) is 0.616. The van der Waals surface area contributed by atoms with E-state index in [0.717, 1.165) is 12.8 Å². The number of primary sulfonamides is 1. The van der Waals surface area contributed by atoms with Crippen LogP contribution in [0.1, 0.15) is 25.3 Å². The van der Waals surface area contributed by atoms with E-state index in [9.17, 15) is 8.42 Å². The zero-order chi connectivity index (χ0) is 13.1. The second-order valence-corrected chi connectivity index (χ2v) is 5.42. The Morgan fingerprint density at radius 2 is 2.00 bits per heavy atom. The monoisotopic (exact) mass is 258 g/mol. The van der Waals surface area contributed by atoms with Gasteiger partial charge in [0.15, 0.2) is 0 Å². The van der Waals surface area contributed by atoms with Crippen LogP contribution >= 0.6 is 0 Å². The summed E-state index contributed by atoms with van der Waals surface area (Å²) in [5, 5.41) is 5.11. The highest BCUT2D eigenvalue weighted by Gasteiger charge is 2.16. The first-order valence-corrected chi connectivity index (χ1v) is 6.96. The molecule has 6 heteroatoms. The highest BCUT2D eigenvalue weighted by molar-refractivity contribution is 7.89. The summed E-state index contributed by atoms with van der Waals surface area (Å²) in [4.78, 5) is 0.0176. The van der Waals surface area contributed by atoms with Crippen LogP contribution in [0.4, 0.5) is 5.69 Å². The predicted molar refractivity (Wildman–Crippen MR) is 67.4 cm³/mol. The summed E-state index contributed by atoms with van der Waals surface area (Å²) in [6, 6.07) is 2.96. The van der Waals surface area contributed by atoms with Crippen LogP contribution in [0, 0.1) is 6.92 Å². The lowest BCUT2D eigenvalue weighted by molar-refractivity contribution is 0.306. The maximum absolute atomic E-state index is 11.4. The Morgan fingerprint density at radius 1 is 1.35 bits per heavy atom. The van der Waals surface area contributed by atoms with Gasteiger partial charge in [0.05, 0.1) is 11.5 Å². The topological polar surface area (TPSA) is 95.4 Å². The fourth-order valence-electron chi connectivity index (χ4n) is 1.45. The molecule has 4 N–H and O–H groups in total. The van der Waals surface area contributed by atoms with Gasteiger partial charge in [-0.1, -0.05) is 13.3 Å². The van der Waals surface area contributed by atoms with Crippen LogP contribution in [0.5, 0.6) is 5.75 Å². The van der Waals surface area contributed by atoms with Crippen molar-refractivity contribution in [1.82, 2.24) is 0 Å². The second-order valence-electron chi connectivity index (χ2n) is 3.89. The fourth-order valence-corrected chi connectivity index (χ4v) is 2.28. The average molecular weight is 258 g/mol. The van der Waals surface area contributed by atoms with Crippen molar-refractivity contribution in [2.24, 2.45) is 5.14 Å². The molecule has 96 valence electrons. The molecule has 0 saturated carbocycles. The van der Waals surface area contributed by atoms with Crippen LogP contribution in [0.2, 0.25) is 0 Å². The molecular weight excluding hydrogens is 240 g/mol. The summed E-state index contributed by atoms with van der Waals surface area (Å²) in [5.41, 5.74) is 6.45. The predicted octanol–water partition coefficient (Wildman–Crippen LogP) is 1.40. The molecule has 0 fully saturated rings. The van der Waals surface area contributed by atoms with Crippen LogP contribution < -0.4 is 15.6 Å². The Labute approximate surface area is 102 Å². The molecule has 0 bridgehead atoms. The van der Waals surface area contributed by atoms with E-state index in [1.54, 1.807) is 13.0 Å². The largest absolute Gasteiger partial charge is 0.493 e. The van der Waals surface area contributed by atoms with Gasteiger partial charge in [0, 0.05) is 17.3 Å². The summed E-state index contributed by atoms with van der Waals surface area (Å²) in [7, 11) is -3.77. The number of rotatable bonds is 5. The van der Waals surface area contributed by atoms with Crippen molar-refractivity contribution in [1.29, 1.82) is 0 Å². The molecule has 1 aromatic carbocycles. The summed E-state index contributed by atoms with van der Waals surface area (Å²) in [6.07, 6.45) is 1.91. The van der Waals surface area contributed by atoms with Crippen LogP contribution in [0.3, 0.4) is 0 Å². The number of hydrogen-bond acceptors (Lipinski definition) is 4. The van der Waals surface area contributed by atoms with E-state index in [1.165, 1.54) is 6.07 Å². The zero-order valence-corrected chi connectivity index (χ0v) is 10.9. The Bertz CT molecular complexity index is 498. The minimum Gasteiger partial charge on any atom is -0.493 e. The van der Waals surface area contributed by atoms with E-state index in [2.05, 4.69) is 0 Å². The van der Waals surface area contributed by atoms with E-state index in [-0.39, 0.29) is 4.90 Å². The molecule has 1 aromatic rings. The maximum Gasteiger partial charge on any atom is 0.238 e. The number of nitrogens with two attached hydrogens (primary N) is 2. The van der Waals surface area contributed by atoms with E-state index < -0.39 is 10.0 Å². The summed E-state index contributed by atoms with van der Waals surface area (Å²) in [6.45, 7) is 4.23. The smallest absolute Gasteiger partial charge is 0.238 e. The summed E-state index contributed by atoms with van der Waals surface area (Å²) >= 11 is 0. The van der Waals surface area contributed by atoms with Gasteiger partial charge in [-0.3, -0.25) is 0 Å². The highest BCUT2D eigenvalue weighted by Crippen LogP contribution is 2.28. The van der Waals surface area contributed by atoms with Crippen molar-refractivity contribution < 1.29 is 13.2 Å². The number of hydrogen-bond donors (Lipinski definition) is 2. The number of sulfonamides is 1. The molecule has 0 aliphatic carbocycles. The lowest BCUT2D eigenvalue weighted by Gasteiger charge is -2.12. The summed E-state index contributed by atoms with van der Waals surface area (Å²) < 4.78 is 28.2. The third-order valence-electron chi connectivity index (χ3n) is 2.40. The van der Waals surface area contributed by atoms with Gasteiger partial charge in [-0.25, -0.2) is 13.6 Å². The van der Waals surface area contributed by atoms with Crippen molar-refractivity contribution in [2.75, 3.05) is 12.3 Å². The Hall–Kier alpha value is -1.27. The maximum atomic E-state index is 11.4. The van der Waals surface area contributed by atoms with Gasteiger partial charge in [-0.05, 0) is 19.4 Å². The van der Waals surface area contributed by atoms with Crippen LogP contribution in [-0.4, -0.2) is 15.0 Å². The molecule has 0 spiro atoms. The first kappa shape index (κ1) is 13.8. The molecule has 0 aliphatic heterocycles. The first-order chi connectivity index (χ1) is 7.86. The Balaban J connectivity index is 3.11. The van der Waals surface area contributed by atoms with Crippen molar-refractivity contribution >= 4 is 15.7 Å². The molecule has 1 rings (SSSR count). The van der Waals surface area contributed by atoms with Crippen LogP contribution in [0.15, 0.2) is 17.0 Å². The molecule has 0 atom stereocenters. The standard InChI is InChI=1S/C11H18N2O3S/c1-3-4-5-16-10-6-9(12)7-11(8(10)2)17(13,14)15/h6-7H,3-5,12H2,1-2H3,(H2,13,14,15). The van der Waals surface area contributed by atoms with Gasteiger partial charge < -0.3 is 10.5 Å². The Kier molecular flexibility index (Phi) is 4.36. The normalized spacial score (nSPS) is 11.5. The lowest BCUT2D eigenvalue weighted by Crippen LogP contribution is -2.15. The van der Waals surface area contributed by atoms with E-state index >= 15 is 0 Å². The van der Waals surface area contributed by atoms with E-state index in [0.29, 0.717) is 23.6 Å². The molecule has 0 amide bonds. The zero-order valence-electron chi connectivity index (χ0n) is 10.1. The fraction of sp³-hybridized carbons (Fsp3) is 0.455. The SMILES string of the molecule is CCCCOc1cc(N)cc(S(N)(=O)=O)c1C. The van der Waals surface area contributed by atoms with Crippen molar-refractivity contribution in [3.63, 3.8) is 0 Å². The molecular formula is C11H18N2O3S. The number of nitrogen functional groups attached to an aromatic ring is 1. The van der Waals surface area contributed by atoms with Crippen LogP contribution in [-0.2, 0) is 10.0 Å². The second kappa shape index (κ2) is 5.37. The molecule has 0 radical (unpaired) electrons. The lowest BCUT2D eigenvalue weighted by atomic mass is 10.2. The van der Waals surface area contributed by atoms with Gasteiger partial charge in [-0.15, -0.1) is 0 Å². The Morgan fingerprint density at radius 3 is 2.53 bits per heavy atom.